The Kier molecular flexibility index (Phi) is 4.15. The van der Waals surface area contributed by atoms with Gasteiger partial charge in [0.15, 0.2) is 5.82 Å². The van der Waals surface area contributed by atoms with Crippen molar-refractivity contribution < 1.29 is 14.4 Å². The van der Waals surface area contributed by atoms with Crippen molar-refractivity contribution >= 4 is 11.8 Å². The van der Waals surface area contributed by atoms with E-state index < -0.39 is 12.1 Å². The van der Waals surface area contributed by atoms with E-state index >= 15 is 0 Å². The first kappa shape index (κ1) is 13.1. The molecule has 1 heterocycles. The van der Waals surface area contributed by atoms with Crippen molar-refractivity contribution in [2.45, 2.75) is 13.0 Å². The van der Waals surface area contributed by atoms with Gasteiger partial charge in [-0.25, -0.2) is 4.79 Å². The van der Waals surface area contributed by atoms with Crippen LogP contribution in [0.3, 0.4) is 0 Å². The number of nitrogens with one attached hydrogen (secondary N) is 2. The summed E-state index contributed by atoms with van der Waals surface area (Å²) in [5.41, 5.74) is 0.830. The van der Waals surface area contributed by atoms with Gasteiger partial charge in [0.05, 0.1) is 12.6 Å². The van der Waals surface area contributed by atoms with Gasteiger partial charge in [0.2, 0.25) is 0 Å². The molecular weight excluding hydrogens is 246 g/mol. The molecule has 0 unspecified atom stereocenters. The molecule has 0 aliphatic rings. The van der Waals surface area contributed by atoms with Crippen molar-refractivity contribution in [1.82, 2.24) is 10.5 Å². The van der Waals surface area contributed by atoms with Gasteiger partial charge in [-0.15, -0.1) is 0 Å². The number of rotatable bonds is 4. The van der Waals surface area contributed by atoms with Gasteiger partial charge in [-0.05, 0) is 12.5 Å². The predicted molar refractivity (Wildman–Crippen MR) is 69.7 cm³/mol. The van der Waals surface area contributed by atoms with Gasteiger partial charge in [-0.2, -0.15) is 0 Å². The summed E-state index contributed by atoms with van der Waals surface area (Å²) in [5.74, 6) is 0.941. The van der Waals surface area contributed by atoms with Crippen LogP contribution in [0.25, 0.3) is 0 Å². The number of hydrogen-bond donors (Lipinski definition) is 3. The number of amides is 2. The topological polar surface area (TPSA) is 87.4 Å². The maximum absolute atomic E-state index is 11.7. The molecule has 19 heavy (non-hydrogen) atoms. The molecule has 2 amide bonds. The molecular formula is C13H15N3O3. The largest absolute Gasteiger partial charge is 0.394 e. The van der Waals surface area contributed by atoms with Crippen LogP contribution >= 0.6 is 0 Å². The monoisotopic (exact) mass is 261 g/mol. The normalized spacial score (nSPS) is 11.9. The van der Waals surface area contributed by atoms with Crippen LogP contribution in [0, 0.1) is 6.92 Å². The van der Waals surface area contributed by atoms with Crippen LogP contribution in [0.4, 0.5) is 10.6 Å². The Morgan fingerprint density at radius 3 is 2.74 bits per heavy atom. The fourth-order valence-electron chi connectivity index (χ4n) is 1.66. The van der Waals surface area contributed by atoms with Crippen LogP contribution in [0.5, 0.6) is 0 Å². The first-order valence-corrected chi connectivity index (χ1v) is 5.85. The number of urea groups is 1. The third-order valence-electron chi connectivity index (χ3n) is 2.56. The maximum atomic E-state index is 11.7. The van der Waals surface area contributed by atoms with Crippen LogP contribution in [0.2, 0.25) is 0 Å². The van der Waals surface area contributed by atoms with E-state index in [9.17, 15) is 9.90 Å². The van der Waals surface area contributed by atoms with Gasteiger partial charge < -0.3 is 14.9 Å². The second kappa shape index (κ2) is 6.01. The molecule has 0 fully saturated rings. The summed E-state index contributed by atoms with van der Waals surface area (Å²) in [7, 11) is 0. The van der Waals surface area contributed by atoms with Crippen LogP contribution in [0.1, 0.15) is 17.4 Å². The molecule has 0 radical (unpaired) electrons. The molecule has 2 aromatic rings. The van der Waals surface area contributed by atoms with E-state index in [-0.39, 0.29) is 6.61 Å². The Hall–Kier alpha value is -2.34. The zero-order valence-electron chi connectivity index (χ0n) is 10.5. The number of benzene rings is 1. The molecule has 6 nitrogen and oxygen atoms in total. The zero-order chi connectivity index (χ0) is 13.7. The molecule has 0 bridgehead atoms. The number of carbonyl (C=O) groups is 1. The summed E-state index contributed by atoms with van der Waals surface area (Å²) in [6.45, 7) is 1.55. The van der Waals surface area contributed by atoms with Gasteiger partial charge in [0.1, 0.15) is 5.76 Å². The number of aryl methyl sites for hydroxylation is 1. The van der Waals surface area contributed by atoms with E-state index in [1.54, 1.807) is 13.0 Å². The van der Waals surface area contributed by atoms with Gasteiger partial charge >= 0.3 is 6.03 Å². The first-order chi connectivity index (χ1) is 9.19. The van der Waals surface area contributed by atoms with Crippen molar-refractivity contribution in [3.05, 3.63) is 47.7 Å². The second-order valence-electron chi connectivity index (χ2n) is 4.07. The van der Waals surface area contributed by atoms with Crippen LogP contribution < -0.4 is 10.6 Å². The lowest BCUT2D eigenvalue weighted by Gasteiger charge is -2.16. The lowest BCUT2D eigenvalue weighted by molar-refractivity contribution is 0.225. The summed E-state index contributed by atoms with van der Waals surface area (Å²) in [6.07, 6.45) is 0. The molecule has 0 aliphatic carbocycles. The number of anilines is 1. The fourth-order valence-corrected chi connectivity index (χ4v) is 1.66. The maximum Gasteiger partial charge on any atom is 0.321 e. The highest BCUT2D eigenvalue weighted by atomic mass is 16.5. The average molecular weight is 261 g/mol. The average Bonchev–Trinajstić information content (AvgIpc) is 2.82. The minimum atomic E-state index is -0.464. The van der Waals surface area contributed by atoms with Gasteiger partial charge in [-0.1, -0.05) is 35.5 Å². The number of aromatic nitrogens is 1. The van der Waals surface area contributed by atoms with Crippen molar-refractivity contribution in [3.8, 4) is 0 Å². The number of aliphatic hydroxyl groups excluding tert-OH is 1. The molecule has 1 atom stereocenters. The Morgan fingerprint density at radius 2 is 2.16 bits per heavy atom. The highest BCUT2D eigenvalue weighted by Crippen LogP contribution is 2.12. The Balaban J connectivity index is 1.97. The molecule has 0 aliphatic heterocycles. The van der Waals surface area contributed by atoms with Crippen molar-refractivity contribution in [3.63, 3.8) is 0 Å². The van der Waals surface area contributed by atoms with Crippen LogP contribution in [-0.4, -0.2) is 22.9 Å². The molecule has 2 rings (SSSR count). The quantitative estimate of drug-likeness (QED) is 0.783. The Morgan fingerprint density at radius 1 is 1.42 bits per heavy atom. The lowest BCUT2D eigenvalue weighted by Crippen LogP contribution is -2.34. The highest BCUT2D eigenvalue weighted by Gasteiger charge is 2.14. The van der Waals surface area contributed by atoms with Gasteiger partial charge in [-0.3, -0.25) is 5.32 Å². The molecule has 1 aromatic heterocycles. The SMILES string of the molecule is Cc1cc(NC(=O)N[C@H](CO)c2ccccc2)no1. The van der Waals surface area contributed by atoms with Crippen LogP contribution in [0.15, 0.2) is 40.9 Å². The number of aliphatic hydroxyl groups is 1. The van der Waals surface area contributed by atoms with E-state index in [1.807, 2.05) is 30.3 Å². The summed E-state index contributed by atoms with van der Waals surface area (Å²) < 4.78 is 4.84. The first-order valence-electron chi connectivity index (χ1n) is 5.85. The fraction of sp³-hybridized carbons (Fsp3) is 0.231. The summed E-state index contributed by atoms with van der Waals surface area (Å²) in [5, 5.41) is 18.2. The molecule has 100 valence electrons. The van der Waals surface area contributed by atoms with Crippen molar-refractivity contribution in [2.24, 2.45) is 0 Å². The number of carbonyl (C=O) groups excluding carboxylic acids is 1. The highest BCUT2D eigenvalue weighted by molar-refractivity contribution is 5.88. The van der Waals surface area contributed by atoms with E-state index in [0.29, 0.717) is 11.6 Å². The van der Waals surface area contributed by atoms with Crippen LogP contribution in [-0.2, 0) is 0 Å². The predicted octanol–water partition coefficient (Wildman–Crippen LogP) is 1.84. The summed E-state index contributed by atoms with van der Waals surface area (Å²) in [6, 6.07) is 9.93. The minimum Gasteiger partial charge on any atom is -0.394 e. The number of hydrogen-bond acceptors (Lipinski definition) is 4. The molecule has 0 spiro atoms. The van der Waals surface area contributed by atoms with Gasteiger partial charge in [0.25, 0.3) is 0 Å². The third kappa shape index (κ3) is 3.56. The van der Waals surface area contributed by atoms with Crippen molar-refractivity contribution in [2.75, 3.05) is 11.9 Å². The van der Waals surface area contributed by atoms with E-state index in [1.165, 1.54) is 0 Å². The van der Waals surface area contributed by atoms with E-state index in [0.717, 1.165) is 5.56 Å². The van der Waals surface area contributed by atoms with Crippen molar-refractivity contribution in [1.29, 1.82) is 0 Å². The molecule has 3 N–H and O–H groups in total. The minimum absolute atomic E-state index is 0.185. The Bertz CT molecular complexity index is 539. The second-order valence-corrected chi connectivity index (χ2v) is 4.07. The third-order valence-corrected chi connectivity index (χ3v) is 2.56. The smallest absolute Gasteiger partial charge is 0.321 e. The molecule has 0 saturated heterocycles. The molecule has 6 heteroatoms. The Labute approximate surface area is 110 Å². The number of nitrogens with zero attached hydrogens (tertiary/aromatic N) is 1. The lowest BCUT2D eigenvalue weighted by atomic mass is 10.1. The summed E-state index contributed by atoms with van der Waals surface area (Å²) in [4.78, 5) is 11.7. The van der Waals surface area contributed by atoms with E-state index in [4.69, 9.17) is 4.52 Å². The standard InChI is InChI=1S/C13H15N3O3/c1-9-7-12(16-19-9)15-13(18)14-11(8-17)10-5-3-2-4-6-10/h2-7,11,17H,8H2,1H3,(H2,14,15,16,18)/t11-/m1/s1. The van der Waals surface area contributed by atoms with Gasteiger partial charge in [0, 0.05) is 6.07 Å². The van der Waals surface area contributed by atoms with E-state index in [2.05, 4.69) is 15.8 Å². The zero-order valence-corrected chi connectivity index (χ0v) is 10.5. The summed E-state index contributed by atoms with van der Waals surface area (Å²) >= 11 is 0. The molecule has 0 saturated carbocycles. The molecule has 1 aromatic carbocycles.